The quantitative estimate of drug-likeness (QED) is 0.809. The second-order valence-corrected chi connectivity index (χ2v) is 4.81. The molecular weight excluding hydrogens is 219 g/mol. The Hall–Kier alpha value is -1.42. The Labute approximate surface area is 99.4 Å². The molecule has 0 spiro atoms. The van der Waals surface area contributed by atoms with E-state index in [1.807, 2.05) is 6.07 Å². The first kappa shape index (κ1) is 10.7. The first-order chi connectivity index (χ1) is 8.22. The fraction of sp³-hybridized carbons (Fsp3) is 0.462. The van der Waals surface area contributed by atoms with Gasteiger partial charge in [0.15, 0.2) is 0 Å². The molecule has 2 N–H and O–H groups in total. The summed E-state index contributed by atoms with van der Waals surface area (Å²) < 4.78 is 13.1. The molecule has 1 amide bonds. The molecule has 1 fully saturated rings. The van der Waals surface area contributed by atoms with Gasteiger partial charge in [-0.05, 0) is 36.1 Å². The highest BCUT2D eigenvalue weighted by atomic mass is 19.1. The highest BCUT2D eigenvalue weighted by molar-refractivity contribution is 5.78. The number of halogens is 1. The van der Waals surface area contributed by atoms with E-state index >= 15 is 0 Å². The molecule has 0 aromatic heterocycles. The third-order valence-electron chi connectivity index (χ3n) is 3.60. The van der Waals surface area contributed by atoms with Crippen LogP contribution in [0.1, 0.15) is 30.0 Å². The summed E-state index contributed by atoms with van der Waals surface area (Å²) in [5, 5.41) is 6.29. The SMILES string of the molecule is O=C1CC(NC2CCc3cc(F)ccc32)CN1. The maximum Gasteiger partial charge on any atom is 0.221 e. The van der Waals surface area contributed by atoms with E-state index in [0.717, 1.165) is 18.4 Å². The molecule has 1 aliphatic carbocycles. The summed E-state index contributed by atoms with van der Waals surface area (Å²) in [7, 11) is 0. The monoisotopic (exact) mass is 234 g/mol. The van der Waals surface area contributed by atoms with Gasteiger partial charge < -0.3 is 10.6 Å². The maximum absolute atomic E-state index is 13.1. The lowest BCUT2D eigenvalue weighted by molar-refractivity contribution is -0.119. The molecule has 1 aromatic carbocycles. The van der Waals surface area contributed by atoms with Crippen LogP contribution in [0.15, 0.2) is 18.2 Å². The van der Waals surface area contributed by atoms with Crippen molar-refractivity contribution in [3.8, 4) is 0 Å². The minimum atomic E-state index is -0.165. The van der Waals surface area contributed by atoms with Crippen LogP contribution in [0.3, 0.4) is 0 Å². The number of carbonyl (C=O) groups excluding carboxylic acids is 1. The first-order valence-corrected chi connectivity index (χ1v) is 6.03. The summed E-state index contributed by atoms with van der Waals surface area (Å²) in [5.74, 6) is -0.0538. The first-order valence-electron chi connectivity index (χ1n) is 6.03. The van der Waals surface area contributed by atoms with E-state index < -0.39 is 0 Å². The lowest BCUT2D eigenvalue weighted by Gasteiger charge is -2.18. The number of benzene rings is 1. The second kappa shape index (κ2) is 4.11. The van der Waals surface area contributed by atoms with E-state index in [9.17, 15) is 9.18 Å². The number of nitrogens with one attached hydrogen (secondary N) is 2. The standard InChI is InChI=1S/C13H15FN2O/c14-9-2-3-11-8(5-9)1-4-12(11)16-10-6-13(17)15-7-10/h2-3,5,10,12,16H,1,4,6-7H2,(H,15,17). The number of aryl methyl sites for hydroxylation is 1. The number of rotatable bonds is 2. The summed E-state index contributed by atoms with van der Waals surface area (Å²) >= 11 is 0. The Bertz CT molecular complexity index is 461. The van der Waals surface area contributed by atoms with Gasteiger partial charge in [-0.15, -0.1) is 0 Å². The third-order valence-corrected chi connectivity index (χ3v) is 3.60. The zero-order valence-corrected chi connectivity index (χ0v) is 9.50. The molecule has 2 atom stereocenters. The molecule has 0 saturated carbocycles. The molecule has 4 heteroatoms. The molecule has 90 valence electrons. The molecular formula is C13H15FN2O. The average molecular weight is 234 g/mol. The van der Waals surface area contributed by atoms with Crippen LogP contribution in [0, 0.1) is 5.82 Å². The van der Waals surface area contributed by atoms with Gasteiger partial charge in [-0.25, -0.2) is 4.39 Å². The van der Waals surface area contributed by atoms with Crippen LogP contribution in [0.4, 0.5) is 4.39 Å². The van der Waals surface area contributed by atoms with Gasteiger partial charge >= 0.3 is 0 Å². The van der Waals surface area contributed by atoms with Crippen LogP contribution < -0.4 is 10.6 Å². The van der Waals surface area contributed by atoms with E-state index in [2.05, 4.69) is 10.6 Å². The van der Waals surface area contributed by atoms with Crippen LogP contribution in [0.5, 0.6) is 0 Å². The van der Waals surface area contributed by atoms with E-state index in [1.54, 1.807) is 6.07 Å². The summed E-state index contributed by atoms with van der Waals surface area (Å²) in [5.41, 5.74) is 2.28. The highest BCUT2D eigenvalue weighted by Gasteiger charge is 2.28. The Morgan fingerprint density at radius 2 is 2.29 bits per heavy atom. The van der Waals surface area contributed by atoms with Crippen LogP contribution in [-0.4, -0.2) is 18.5 Å². The summed E-state index contributed by atoms with van der Waals surface area (Å²) in [6.07, 6.45) is 2.45. The summed E-state index contributed by atoms with van der Waals surface area (Å²) in [4.78, 5) is 11.1. The van der Waals surface area contributed by atoms with E-state index in [4.69, 9.17) is 0 Å². The molecule has 1 heterocycles. The molecule has 1 saturated heterocycles. The molecule has 1 aliphatic heterocycles. The van der Waals surface area contributed by atoms with E-state index in [0.29, 0.717) is 13.0 Å². The lowest BCUT2D eigenvalue weighted by atomic mass is 10.1. The Morgan fingerprint density at radius 1 is 1.41 bits per heavy atom. The molecule has 0 bridgehead atoms. The number of amides is 1. The molecule has 0 radical (unpaired) electrons. The van der Waals surface area contributed by atoms with Gasteiger partial charge in [0.25, 0.3) is 0 Å². The maximum atomic E-state index is 13.1. The number of hydrogen-bond acceptors (Lipinski definition) is 2. The number of fused-ring (bicyclic) bond motifs is 1. The van der Waals surface area contributed by atoms with Gasteiger partial charge in [0, 0.05) is 25.0 Å². The smallest absolute Gasteiger partial charge is 0.221 e. The Morgan fingerprint density at radius 3 is 3.06 bits per heavy atom. The van der Waals surface area contributed by atoms with Crippen molar-refractivity contribution in [1.29, 1.82) is 0 Å². The van der Waals surface area contributed by atoms with Gasteiger partial charge in [-0.3, -0.25) is 4.79 Å². The average Bonchev–Trinajstić information content (AvgIpc) is 2.86. The minimum absolute atomic E-state index is 0.111. The van der Waals surface area contributed by atoms with Crippen LogP contribution in [0.25, 0.3) is 0 Å². The van der Waals surface area contributed by atoms with Crippen molar-refractivity contribution in [1.82, 2.24) is 10.6 Å². The largest absolute Gasteiger partial charge is 0.354 e. The summed E-state index contributed by atoms with van der Waals surface area (Å²) in [6.45, 7) is 0.700. The Balaban J connectivity index is 1.73. The predicted molar refractivity (Wildman–Crippen MR) is 62.0 cm³/mol. The molecule has 17 heavy (non-hydrogen) atoms. The van der Waals surface area contributed by atoms with Crippen molar-refractivity contribution < 1.29 is 9.18 Å². The van der Waals surface area contributed by atoms with Crippen molar-refractivity contribution in [2.45, 2.75) is 31.3 Å². The van der Waals surface area contributed by atoms with Gasteiger partial charge in [0.2, 0.25) is 5.91 Å². The van der Waals surface area contributed by atoms with Crippen molar-refractivity contribution >= 4 is 5.91 Å². The fourth-order valence-electron chi connectivity index (χ4n) is 2.77. The minimum Gasteiger partial charge on any atom is -0.354 e. The topological polar surface area (TPSA) is 41.1 Å². The number of hydrogen-bond donors (Lipinski definition) is 2. The fourth-order valence-corrected chi connectivity index (χ4v) is 2.77. The van der Waals surface area contributed by atoms with E-state index in [-0.39, 0.29) is 23.8 Å². The molecule has 3 rings (SSSR count). The number of carbonyl (C=O) groups is 1. The van der Waals surface area contributed by atoms with Crippen LogP contribution in [-0.2, 0) is 11.2 Å². The normalized spacial score (nSPS) is 27.0. The predicted octanol–water partition coefficient (Wildman–Crippen LogP) is 1.29. The van der Waals surface area contributed by atoms with E-state index in [1.165, 1.54) is 11.6 Å². The van der Waals surface area contributed by atoms with Gasteiger partial charge in [-0.2, -0.15) is 0 Å². The Kier molecular flexibility index (Phi) is 2.59. The van der Waals surface area contributed by atoms with Crippen molar-refractivity contribution in [2.75, 3.05) is 6.54 Å². The highest BCUT2D eigenvalue weighted by Crippen LogP contribution is 2.32. The van der Waals surface area contributed by atoms with Gasteiger partial charge in [0.05, 0.1) is 0 Å². The molecule has 2 unspecified atom stereocenters. The van der Waals surface area contributed by atoms with Crippen molar-refractivity contribution in [3.05, 3.63) is 35.1 Å². The van der Waals surface area contributed by atoms with Crippen molar-refractivity contribution in [2.24, 2.45) is 0 Å². The lowest BCUT2D eigenvalue weighted by Crippen LogP contribution is -2.33. The summed E-state index contributed by atoms with van der Waals surface area (Å²) in [6, 6.07) is 5.47. The van der Waals surface area contributed by atoms with Crippen molar-refractivity contribution in [3.63, 3.8) is 0 Å². The van der Waals surface area contributed by atoms with Crippen LogP contribution in [0.2, 0.25) is 0 Å². The zero-order valence-electron chi connectivity index (χ0n) is 9.50. The van der Waals surface area contributed by atoms with Gasteiger partial charge in [0.1, 0.15) is 5.82 Å². The molecule has 1 aromatic rings. The third kappa shape index (κ3) is 2.05. The van der Waals surface area contributed by atoms with Crippen LogP contribution >= 0.6 is 0 Å². The second-order valence-electron chi connectivity index (χ2n) is 4.81. The van der Waals surface area contributed by atoms with Gasteiger partial charge in [-0.1, -0.05) is 6.07 Å². The molecule has 3 nitrogen and oxygen atoms in total. The zero-order chi connectivity index (χ0) is 11.8. The molecule has 2 aliphatic rings.